The van der Waals surface area contributed by atoms with Gasteiger partial charge >= 0.3 is 12.2 Å². The number of alkyl halides is 3. The molecule has 14 heteroatoms. The lowest BCUT2D eigenvalue weighted by molar-refractivity contribution is -0.137. The minimum absolute atomic E-state index is 0.00898. The maximum absolute atomic E-state index is 13.6. The zero-order chi connectivity index (χ0) is 31.3. The molecule has 0 fully saturated rings. The normalized spacial score (nSPS) is 17.6. The van der Waals surface area contributed by atoms with E-state index in [1.807, 2.05) is 6.92 Å². The average Bonchev–Trinajstić information content (AvgIpc) is 2.99. The van der Waals surface area contributed by atoms with Crippen molar-refractivity contribution >= 4 is 29.2 Å². The van der Waals surface area contributed by atoms with Gasteiger partial charge in [0.2, 0.25) is 0 Å². The van der Waals surface area contributed by atoms with Crippen LogP contribution in [0.15, 0.2) is 61.1 Å². The second-order valence-electron chi connectivity index (χ2n) is 10.2. The van der Waals surface area contributed by atoms with Crippen LogP contribution >= 0.6 is 0 Å². The summed E-state index contributed by atoms with van der Waals surface area (Å²) in [6.07, 6.45) is -1.14. The second-order valence-corrected chi connectivity index (χ2v) is 10.2. The number of hydrogen-bond donors (Lipinski definition) is 3. The number of aromatic nitrogens is 2. The number of carbonyl (C=O) groups is 3. The van der Waals surface area contributed by atoms with Crippen molar-refractivity contribution in [2.75, 3.05) is 37.4 Å². The minimum atomic E-state index is -4.50. The fraction of sp³-hybridized carbons (Fsp3) is 0.345. The summed E-state index contributed by atoms with van der Waals surface area (Å²) in [7, 11) is 1.50. The number of likely N-dealkylation sites (N-methyl/N-ethyl adjacent to an activating group) is 1. The molecule has 2 aromatic carbocycles. The molecular weight excluding hydrogens is 569 g/mol. The van der Waals surface area contributed by atoms with Crippen LogP contribution in [0.1, 0.15) is 40.3 Å². The first kappa shape index (κ1) is 31.2. The standard InChI is InChI=1S/C29H31F3N6O5/c1-17-14-38(18(2)16-39)27(41)21-5-4-6-22(36-26(40)23-13-33-11-12-34-23)25(21)43-24(17)15-37(3)28(42)35-20-9-7-19(8-10-20)29(30,31)32/h4-13,17-18,24,39H,14-16H2,1-3H3,(H,35,42)(H,36,40)/t17-,18+,24-/m1/s1. The van der Waals surface area contributed by atoms with Gasteiger partial charge in [0.15, 0.2) is 5.75 Å². The highest BCUT2D eigenvalue weighted by molar-refractivity contribution is 6.06. The first-order valence-corrected chi connectivity index (χ1v) is 13.4. The Bertz CT molecular complexity index is 1460. The van der Waals surface area contributed by atoms with Crippen LogP contribution in [0.5, 0.6) is 5.75 Å². The summed E-state index contributed by atoms with van der Waals surface area (Å²) >= 11 is 0. The SMILES string of the molecule is C[C@@H]1CN([C@@H](C)CO)C(=O)c2cccc(NC(=O)c3cnccn3)c2O[C@@H]1CN(C)C(=O)Nc1ccc(C(F)(F)F)cc1. The van der Waals surface area contributed by atoms with Crippen molar-refractivity contribution in [1.82, 2.24) is 19.8 Å². The Morgan fingerprint density at radius 2 is 1.88 bits per heavy atom. The highest BCUT2D eigenvalue weighted by Crippen LogP contribution is 2.35. The summed E-state index contributed by atoms with van der Waals surface area (Å²) in [6.45, 7) is 3.43. The van der Waals surface area contributed by atoms with Crippen molar-refractivity contribution < 1.29 is 37.4 Å². The number of anilines is 2. The number of fused-ring (bicyclic) bond motifs is 1. The Hall–Kier alpha value is -4.72. The molecule has 4 rings (SSSR count). The van der Waals surface area contributed by atoms with Crippen molar-refractivity contribution in [3.8, 4) is 5.75 Å². The quantitative estimate of drug-likeness (QED) is 0.371. The molecule has 11 nitrogen and oxygen atoms in total. The van der Waals surface area contributed by atoms with Gasteiger partial charge in [-0.1, -0.05) is 13.0 Å². The molecule has 1 aliphatic rings. The number of amides is 4. The van der Waals surface area contributed by atoms with E-state index >= 15 is 0 Å². The average molecular weight is 601 g/mol. The van der Waals surface area contributed by atoms with Crippen molar-refractivity contribution in [1.29, 1.82) is 0 Å². The number of para-hydroxylation sites is 1. The third-order valence-corrected chi connectivity index (χ3v) is 7.00. The number of aliphatic hydroxyl groups is 1. The molecule has 0 unspecified atom stereocenters. The zero-order valence-electron chi connectivity index (χ0n) is 23.6. The number of aliphatic hydroxyl groups excluding tert-OH is 1. The van der Waals surface area contributed by atoms with Crippen LogP contribution in [0.25, 0.3) is 0 Å². The number of halogens is 3. The summed E-state index contributed by atoms with van der Waals surface area (Å²) in [5.41, 5.74) is -0.297. The second kappa shape index (κ2) is 13.1. The molecule has 228 valence electrons. The number of benzene rings is 2. The van der Waals surface area contributed by atoms with Gasteiger partial charge in [-0.3, -0.25) is 14.6 Å². The molecule has 1 aliphatic heterocycles. The van der Waals surface area contributed by atoms with Gasteiger partial charge < -0.3 is 30.3 Å². The molecule has 43 heavy (non-hydrogen) atoms. The molecule has 3 N–H and O–H groups in total. The highest BCUT2D eigenvalue weighted by atomic mass is 19.4. The van der Waals surface area contributed by atoms with E-state index in [1.54, 1.807) is 25.1 Å². The molecule has 3 atom stereocenters. The number of nitrogens with one attached hydrogen (secondary N) is 2. The van der Waals surface area contributed by atoms with Crippen molar-refractivity contribution in [2.45, 2.75) is 32.2 Å². The van der Waals surface area contributed by atoms with Gasteiger partial charge in [0.1, 0.15) is 11.8 Å². The molecule has 0 aliphatic carbocycles. The number of urea groups is 1. The largest absolute Gasteiger partial charge is 0.485 e. The third kappa shape index (κ3) is 7.38. The zero-order valence-corrected chi connectivity index (χ0v) is 23.6. The third-order valence-electron chi connectivity index (χ3n) is 7.00. The molecule has 3 aromatic rings. The van der Waals surface area contributed by atoms with Crippen LogP contribution in [0.4, 0.5) is 29.3 Å². The fourth-order valence-corrected chi connectivity index (χ4v) is 4.48. The number of carbonyl (C=O) groups excluding carboxylic acids is 3. The molecule has 0 bridgehead atoms. The van der Waals surface area contributed by atoms with Crippen molar-refractivity contribution in [2.24, 2.45) is 5.92 Å². The van der Waals surface area contributed by atoms with E-state index in [-0.39, 0.29) is 54.0 Å². The molecule has 0 saturated heterocycles. The molecule has 1 aromatic heterocycles. The van der Waals surface area contributed by atoms with Gasteiger partial charge in [-0.05, 0) is 43.3 Å². The number of ether oxygens (including phenoxy) is 1. The van der Waals surface area contributed by atoms with Crippen LogP contribution in [0.3, 0.4) is 0 Å². The topological polar surface area (TPSA) is 137 Å². The van der Waals surface area contributed by atoms with E-state index in [9.17, 15) is 32.7 Å². The van der Waals surface area contributed by atoms with Gasteiger partial charge in [-0.2, -0.15) is 13.2 Å². The van der Waals surface area contributed by atoms with E-state index in [0.717, 1.165) is 24.3 Å². The van der Waals surface area contributed by atoms with Crippen LogP contribution in [0, 0.1) is 5.92 Å². The van der Waals surface area contributed by atoms with Crippen molar-refractivity contribution in [3.05, 3.63) is 77.9 Å². The Morgan fingerprint density at radius 1 is 1.16 bits per heavy atom. The molecular formula is C29H31F3N6O5. The van der Waals surface area contributed by atoms with Crippen LogP contribution in [0.2, 0.25) is 0 Å². The molecule has 0 radical (unpaired) electrons. The summed E-state index contributed by atoms with van der Waals surface area (Å²) in [4.78, 5) is 50.2. The van der Waals surface area contributed by atoms with E-state index in [1.165, 1.54) is 35.4 Å². The number of hydrogen-bond acceptors (Lipinski definition) is 7. The molecule has 0 spiro atoms. The number of rotatable bonds is 7. The maximum Gasteiger partial charge on any atom is 0.416 e. The van der Waals surface area contributed by atoms with Crippen LogP contribution < -0.4 is 15.4 Å². The predicted molar refractivity (Wildman–Crippen MR) is 151 cm³/mol. The van der Waals surface area contributed by atoms with Crippen LogP contribution in [-0.2, 0) is 6.18 Å². The highest BCUT2D eigenvalue weighted by Gasteiger charge is 2.35. The maximum atomic E-state index is 13.6. The summed E-state index contributed by atoms with van der Waals surface area (Å²) in [6, 6.07) is 7.61. The molecule has 2 heterocycles. The lowest BCUT2D eigenvalue weighted by atomic mass is 9.99. The summed E-state index contributed by atoms with van der Waals surface area (Å²) < 4.78 is 45.1. The Balaban J connectivity index is 1.61. The van der Waals surface area contributed by atoms with Crippen molar-refractivity contribution in [3.63, 3.8) is 0 Å². The summed E-state index contributed by atoms with van der Waals surface area (Å²) in [5, 5.41) is 15.1. The first-order chi connectivity index (χ1) is 20.4. The monoisotopic (exact) mass is 600 g/mol. The Kier molecular flexibility index (Phi) is 9.49. The fourth-order valence-electron chi connectivity index (χ4n) is 4.48. The van der Waals surface area contributed by atoms with Gasteiger partial charge in [0.25, 0.3) is 11.8 Å². The van der Waals surface area contributed by atoms with E-state index in [0.29, 0.717) is 0 Å². The van der Waals surface area contributed by atoms with E-state index in [2.05, 4.69) is 20.6 Å². The Labute approximate surface area is 245 Å². The molecule has 0 saturated carbocycles. The Morgan fingerprint density at radius 3 is 2.51 bits per heavy atom. The lowest BCUT2D eigenvalue weighted by Gasteiger charge is -2.38. The van der Waals surface area contributed by atoms with Gasteiger partial charge in [0, 0.05) is 37.6 Å². The van der Waals surface area contributed by atoms with E-state index in [4.69, 9.17) is 4.74 Å². The number of nitrogens with zero attached hydrogens (tertiary/aromatic N) is 4. The van der Waals surface area contributed by atoms with Gasteiger partial charge in [-0.15, -0.1) is 0 Å². The van der Waals surface area contributed by atoms with Gasteiger partial charge in [-0.25, -0.2) is 9.78 Å². The van der Waals surface area contributed by atoms with Crippen LogP contribution in [-0.4, -0.2) is 81.6 Å². The first-order valence-electron chi connectivity index (χ1n) is 13.4. The van der Waals surface area contributed by atoms with E-state index < -0.39 is 41.7 Å². The summed E-state index contributed by atoms with van der Waals surface area (Å²) in [5.74, 6) is -1.28. The minimum Gasteiger partial charge on any atom is -0.485 e. The smallest absolute Gasteiger partial charge is 0.416 e. The van der Waals surface area contributed by atoms with Gasteiger partial charge in [0.05, 0.1) is 42.2 Å². The molecule has 4 amide bonds. The predicted octanol–water partition coefficient (Wildman–Crippen LogP) is 4.13. The lowest BCUT2D eigenvalue weighted by Crippen LogP contribution is -2.50.